The summed E-state index contributed by atoms with van der Waals surface area (Å²) in [5, 5.41) is 31.8. The highest BCUT2D eigenvalue weighted by Crippen LogP contribution is 2.28. The first-order chi connectivity index (χ1) is 12.6. The van der Waals surface area contributed by atoms with Crippen LogP contribution in [0.3, 0.4) is 0 Å². The summed E-state index contributed by atoms with van der Waals surface area (Å²) >= 11 is 0. The van der Waals surface area contributed by atoms with Crippen LogP contribution in [0.25, 0.3) is 0 Å². The van der Waals surface area contributed by atoms with Crippen LogP contribution in [0.2, 0.25) is 0 Å². The van der Waals surface area contributed by atoms with E-state index in [4.69, 9.17) is 19.5 Å². The maximum Gasteiger partial charge on any atom is 0.294 e. The third kappa shape index (κ3) is 4.20. The zero-order chi connectivity index (χ0) is 18.5. The second-order valence-corrected chi connectivity index (χ2v) is 6.05. The molecule has 1 aromatic rings. The summed E-state index contributed by atoms with van der Waals surface area (Å²) < 4.78 is 16.5. The minimum Gasteiger partial charge on any atom is -0.489 e. The number of rotatable bonds is 8. The molecule has 2 fully saturated rings. The first-order valence-electron chi connectivity index (χ1n) is 8.16. The van der Waals surface area contributed by atoms with Crippen LogP contribution in [0.15, 0.2) is 24.3 Å². The predicted octanol–water partition coefficient (Wildman–Crippen LogP) is -0.369. The van der Waals surface area contributed by atoms with E-state index in [2.05, 4.69) is 10.2 Å². The first-order valence-corrected chi connectivity index (χ1v) is 8.16. The van der Waals surface area contributed by atoms with Gasteiger partial charge in [-0.3, -0.25) is 0 Å². The molecule has 5 atom stereocenters. The van der Waals surface area contributed by atoms with E-state index in [9.17, 15) is 15.2 Å². The summed E-state index contributed by atoms with van der Waals surface area (Å²) in [5.74, 6) is 0.414. The maximum absolute atomic E-state index is 10.5. The van der Waals surface area contributed by atoms with Crippen molar-refractivity contribution in [3.8, 4) is 11.8 Å². The predicted molar refractivity (Wildman–Crippen MR) is 85.8 cm³/mol. The molecule has 2 aliphatic rings. The zero-order valence-corrected chi connectivity index (χ0v) is 13.8. The summed E-state index contributed by atoms with van der Waals surface area (Å²) in [5.41, 5.74) is 0.399. The number of fused-ring (bicyclic) bond motifs is 1. The molecule has 0 saturated carbocycles. The number of aliphatic hydroxyl groups excluding tert-OH is 1. The van der Waals surface area contributed by atoms with Gasteiger partial charge in [0.15, 0.2) is 6.10 Å². The summed E-state index contributed by atoms with van der Waals surface area (Å²) in [6, 6.07) is 8.60. The smallest absolute Gasteiger partial charge is 0.294 e. The van der Waals surface area contributed by atoms with E-state index in [1.165, 1.54) is 0 Å². The summed E-state index contributed by atoms with van der Waals surface area (Å²) in [4.78, 5) is 15.0. The maximum atomic E-state index is 10.5. The fourth-order valence-electron chi connectivity index (χ4n) is 3.06. The van der Waals surface area contributed by atoms with Gasteiger partial charge in [0.05, 0.1) is 24.8 Å². The highest BCUT2D eigenvalue weighted by atomic mass is 17.0. The van der Waals surface area contributed by atoms with E-state index in [1.54, 1.807) is 24.3 Å². The lowest BCUT2D eigenvalue weighted by Crippen LogP contribution is -2.45. The lowest BCUT2D eigenvalue weighted by Gasteiger charge is -2.20. The average molecular weight is 365 g/mol. The van der Waals surface area contributed by atoms with E-state index in [0.717, 1.165) is 0 Å². The van der Waals surface area contributed by atoms with Gasteiger partial charge in [0.1, 0.15) is 36.7 Å². The fourth-order valence-corrected chi connectivity index (χ4v) is 3.06. The summed E-state index contributed by atoms with van der Waals surface area (Å²) in [7, 11) is 0. The highest BCUT2D eigenvalue weighted by molar-refractivity contribution is 5.42. The van der Waals surface area contributed by atoms with Gasteiger partial charge in [-0.2, -0.15) is 5.26 Å². The molecule has 1 unspecified atom stereocenters. The van der Waals surface area contributed by atoms with Gasteiger partial charge in [-0.25, -0.2) is 0 Å². The second-order valence-electron chi connectivity index (χ2n) is 6.05. The van der Waals surface area contributed by atoms with Gasteiger partial charge in [-0.15, -0.1) is 10.1 Å². The number of benzene rings is 1. The fraction of sp³-hybridized carbons (Fsp3) is 0.562. The molecular formula is C16H19N3O7. The number of nitriles is 1. The molecule has 10 heteroatoms. The summed E-state index contributed by atoms with van der Waals surface area (Å²) in [6.07, 6.45) is -2.42. The molecule has 2 heterocycles. The molecule has 2 N–H and O–H groups in total. The van der Waals surface area contributed by atoms with Gasteiger partial charge < -0.3 is 29.5 Å². The van der Waals surface area contributed by atoms with Crippen molar-refractivity contribution in [1.29, 1.82) is 5.26 Å². The highest BCUT2D eigenvalue weighted by Gasteiger charge is 2.49. The van der Waals surface area contributed by atoms with Gasteiger partial charge in [0, 0.05) is 6.54 Å². The van der Waals surface area contributed by atoms with Crippen LogP contribution in [0.1, 0.15) is 5.56 Å². The van der Waals surface area contributed by atoms with Crippen molar-refractivity contribution in [3.05, 3.63) is 39.9 Å². The van der Waals surface area contributed by atoms with Crippen LogP contribution >= 0.6 is 0 Å². The van der Waals surface area contributed by atoms with Gasteiger partial charge in [0.2, 0.25) is 0 Å². The van der Waals surface area contributed by atoms with Crippen molar-refractivity contribution in [1.82, 2.24) is 5.32 Å². The normalized spacial score (nSPS) is 28.2. The number of aliphatic hydroxyl groups is 1. The average Bonchev–Trinajstić information content (AvgIpc) is 3.21. The van der Waals surface area contributed by atoms with Gasteiger partial charge in [-0.05, 0) is 12.1 Å². The minimum absolute atomic E-state index is 0.0152. The molecule has 140 valence electrons. The number of para-hydroxylation sites is 1. The molecule has 0 radical (unpaired) electrons. The Balaban J connectivity index is 1.43. The zero-order valence-electron chi connectivity index (χ0n) is 13.8. The van der Waals surface area contributed by atoms with Gasteiger partial charge in [0.25, 0.3) is 5.09 Å². The Morgan fingerprint density at radius 2 is 2.15 bits per heavy atom. The third-order valence-corrected chi connectivity index (χ3v) is 4.28. The molecule has 2 aliphatic heterocycles. The molecule has 10 nitrogen and oxygen atoms in total. The molecule has 0 aromatic heterocycles. The van der Waals surface area contributed by atoms with Crippen molar-refractivity contribution < 1.29 is 29.2 Å². The largest absolute Gasteiger partial charge is 0.489 e. The lowest BCUT2D eigenvalue weighted by atomic mass is 10.1. The van der Waals surface area contributed by atoms with Gasteiger partial charge >= 0.3 is 0 Å². The Morgan fingerprint density at radius 3 is 2.92 bits per heavy atom. The SMILES string of the molecule is N#Cc1ccccc1OCC(O)CN[C@H]1CO[C@H]2[C@@H]1OC[C@@H]2O[N+](=O)[O-]. The van der Waals surface area contributed by atoms with Crippen LogP contribution in [0.4, 0.5) is 0 Å². The van der Waals surface area contributed by atoms with Crippen molar-refractivity contribution in [2.24, 2.45) is 0 Å². The van der Waals surface area contributed by atoms with Gasteiger partial charge in [-0.1, -0.05) is 12.1 Å². The molecule has 2 saturated heterocycles. The second kappa shape index (κ2) is 8.29. The number of hydrogen-bond donors (Lipinski definition) is 2. The molecular weight excluding hydrogens is 346 g/mol. The Bertz CT molecular complexity index is 680. The quantitative estimate of drug-likeness (QED) is 0.467. The van der Waals surface area contributed by atoms with Crippen LogP contribution in [-0.4, -0.2) is 67.0 Å². The van der Waals surface area contributed by atoms with Crippen LogP contribution in [0, 0.1) is 21.4 Å². The lowest BCUT2D eigenvalue weighted by molar-refractivity contribution is -0.769. The topological polar surface area (TPSA) is 136 Å². The molecule has 0 spiro atoms. The Labute approximate surface area is 149 Å². The van der Waals surface area contributed by atoms with Crippen molar-refractivity contribution >= 4 is 0 Å². The molecule has 0 amide bonds. The van der Waals surface area contributed by atoms with Crippen LogP contribution in [0.5, 0.6) is 5.75 Å². The van der Waals surface area contributed by atoms with E-state index < -0.39 is 23.4 Å². The molecule has 0 bridgehead atoms. The van der Waals surface area contributed by atoms with E-state index in [0.29, 0.717) is 17.9 Å². The van der Waals surface area contributed by atoms with E-state index in [1.807, 2.05) is 6.07 Å². The number of nitrogens with one attached hydrogen (secondary N) is 1. The van der Waals surface area contributed by atoms with Crippen LogP contribution in [-0.2, 0) is 14.3 Å². The van der Waals surface area contributed by atoms with E-state index in [-0.39, 0.29) is 31.9 Å². The molecule has 3 rings (SSSR count). The Hall–Kier alpha value is -2.45. The standard InChI is InChI=1S/C16H19N3O7/c17-5-10-3-1-2-4-13(10)23-7-11(20)6-18-12-8-24-16-14(26-19(21)22)9-25-15(12)16/h1-4,11-12,14-16,18,20H,6-9H2/t11?,12-,14-,15+,16+/m0/s1. The molecule has 26 heavy (non-hydrogen) atoms. The minimum atomic E-state index is -0.847. The first kappa shape index (κ1) is 18.3. The third-order valence-electron chi connectivity index (χ3n) is 4.28. The summed E-state index contributed by atoms with van der Waals surface area (Å²) in [6.45, 7) is 0.625. The van der Waals surface area contributed by atoms with Crippen molar-refractivity contribution in [2.45, 2.75) is 30.5 Å². The van der Waals surface area contributed by atoms with Crippen molar-refractivity contribution in [3.63, 3.8) is 0 Å². The monoisotopic (exact) mass is 365 g/mol. The Morgan fingerprint density at radius 1 is 1.38 bits per heavy atom. The number of ether oxygens (including phenoxy) is 3. The molecule has 0 aliphatic carbocycles. The Kier molecular flexibility index (Phi) is 5.85. The van der Waals surface area contributed by atoms with Crippen LogP contribution < -0.4 is 10.1 Å². The number of hydrogen-bond acceptors (Lipinski definition) is 9. The van der Waals surface area contributed by atoms with Crippen molar-refractivity contribution in [2.75, 3.05) is 26.4 Å². The van der Waals surface area contributed by atoms with E-state index >= 15 is 0 Å². The molecule has 1 aromatic carbocycles. The number of nitrogens with zero attached hydrogens (tertiary/aromatic N) is 2.